The molecule has 2 aliphatic rings. The predicted octanol–water partition coefficient (Wildman–Crippen LogP) is 4.86. The summed E-state index contributed by atoms with van der Waals surface area (Å²) in [5.41, 5.74) is 0.117. The van der Waals surface area contributed by atoms with Crippen LogP contribution in [0.3, 0.4) is 0 Å². The van der Waals surface area contributed by atoms with Crippen molar-refractivity contribution in [3.63, 3.8) is 0 Å². The third kappa shape index (κ3) is 5.95. The average molecular weight is 403 g/mol. The molecule has 1 aromatic rings. The first kappa shape index (κ1) is 22.1. The van der Waals surface area contributed by atoms with E-state index in [1.807, 2.05) is 31.2 Å². The summed E-state index contributed by atoms with van der Waals surface area (Å²) in [5, 5.41) is 3.07. The Balaban J connectivity index is 1.49. The Morgan fingerprint density at radius 3 is 2.52 bits per heavy atom. The number of carbonyl (C=O) groups excluding carboxylic acids is 1. The van der Waals surface area contributed by atoms with Crippen LogP contribution in [-0.2, 0) is 9.53 Å². The van der Waals surface area contributed by atoms with Crippen LogP contribution in [0.4, 0.5) is 5.69 Å². The van der Waals surface area contributed by atoms with Crippen LogP contribution < -0.4 is 10.1 Å². The first-order valence-electron chi connectivity index (χ1n) is 11.4. The minimum atomic E-state index is -0.679. The Morgan fingerprint density at radius 1 is 1.14 bits per heavy atom. The Bertz CT molecular complexity index is 638. The van der Waals surface area contributed by atoms with Gasteiger partial charge in [0.2, 0.25) is 0 Å². The van der Waals surface area contributed by atoms with Gasteiger partial charge in [-0.2, -0.15) is 0 Å². The Morgan fingerprint density at radius 2 is 1.86 bits per heavy atom. The predicted molar refractivity (Wildman–Crippen MR) is 117 cm³/mol. The second-order valence-electron chi connectivity index (χ2n) is 8.82. The molecule has 0 spiro atoms. The quantitative estimate of drug-likeness (QED) is 0.674. The van der Waals surface area contributed by atoms with Gasteiger partial charge in [-0.25, -0.2) is 0 Å². The van der Waals surface area contributed by atoms with Crippen LogP contribution in [0.2, 0.25) is 0 Å². The number of benzene rings is 1. The van der Waals surface area contributed by atoms with Crippen LogP contribution in [-0.4, -0.2) is 48.8 Å². The van der Waals surface area contributed by atoms with E-state index in [0.29, 0.717) is 25.2 Å². The van der Waals surface area contributed by atoms with Gasteiger partial charge in [0, 0.05) is 24.9 Å². The van der Waals surface area contributed by atoms with Crippen molar-refractivity contribution in [2.24, 2.45) is 5.92 Å². The van der Waals surface area contributed by atoms with Crippen molar-refractivity contribution >= 4 is 11.6 Å². The van der Waals surface area contributed by atoms with E-state index in [1.54, 1.807) is 0 Å². The Kier molecular flexibility index (Phi) is 7.96. The standard InChI is InChI=1S/C24H38N2O3/c1-4-29-24(14-12-19(2)13-15-24)23(27)25-21-8-10-22(11-9-21)28-18-17-26-16-6-5-7-20(26)3/h8-11,19-20H,4-7,12-18H2,1-3H3,(H,25,27)/t19?,20-,24?/m0/s1. The number of ether oxygens (including phenoxy) is 2. The molecular formula is C24H38N2O3. The second kappa shape index (κ2) is 10.4. The maximum Gasteiger partial charge on any atom is 0.256 e. The van der Waals surface area contributed by atoms with Gasteiger partial charge in [-0.15, -0.1) is 0 Å². The topological polar surface area (TPSA) is 50.8 Å². The molecule has 1 amide bonds. The molecule has 0 unspecified atom stereocenters. The van der Waals surface area contributed by atoms with Crippen LogP contribution in [0.15, 0.2) is 24.3 Å². The third-order valence-corrected chi connectivity index (χ3v) is 6.62. The maximum atomic E-state index is 13.0. The van der Waals surface area contributed by atoms with Gasteiger partial charge in [-0.05, 0) is 89.1 Å². The summed E-state index contributed by atoms with van der Waals surface area (Å²) >= 11 is 0. The number of amides is 1. The summed E-state index contributed by atoms with van der Waals surface area (Å²) in [6, 6.07) is 8.37. The van der Waals surface area contributed by atoms with Gasteiger partial charge in [0.1, 0.15) is 18.0 Å². The molecule has 1 N–H and O–H groups in total. The van der Waals surface area contributed by atoms with Crippen LogP contribution in [0.1, 0.15) is 65.7 Å². The fraction of sp³-hybridized carbons (Fsp3) is 0.708. The van der Waals surface area contributed by atoms with Crippen molar-refractivity contribution in [3.05, 3.63) is 24.3 Å². The second-order valence-corrected chi connectivity index (χ2v) is 8.82. The summed E-state index contributed by atoms with van der Waals surface area (Å²) in [4.78, 5) is 15.5. The van der Waals surface area contributed by atoms with E-state index >= 15 is 0 Å². The fourth-order valence-electron chi connectivity index (χ4n) is 4.59. The lowest BCUT2D eigenvalue weighted by atomic mass is 9.78. The lowest BCUT2D eigenvalue weighted by Crippen LogP contribution is -2.48. The molecule has 29 heavy (non-hydrogen) atoms. The molecule has 5 nitrogen and oxygen atoms in total. The van der Waals surface area contributed by atoms with E-state index in [-0.39, 0.29) is 5.91 Å². The largest absolute Gasteiger partial charge is 0.492 e. The highest BCUT2D eigenvalue weighted by Crippen LogP contribution is 2.36. The molecule has 1 aromatic carbocycles. The first-order valence-corrected chi connectivity index (χ1v) is 11.4. The lowest BCUT2D eigenvalue weighted by molar-refractivity contribution is -0.146. The van der Waals surface area contributed by atoms with E-state index in [9.17, 15) is 4.79 Å². The van der Waals surface area contributed by atoms with Crippen LogP contribution in [0.5, 0.6) is 5.75 Å². The van der Waals surface area contributed by atoms with Gasteiger partial charge >= 0.3 is 0 Å². The van der Waals surface area contributed by atoms with Crippen LogP contribution >= 0.6 is 0 Å². The molecule has 1 saturated carbocycles. The minimum absolute atomic E-state index is 0.0148. The maximum absolute atomic E-state index is 13.0. The molecule has 0 radical (unpaired) electrons. The molecule has 0 aromatic heterocycles. The zero-order valence-corrected chi connectivity index (χ0v) is 18.4. The summed E-state index contributed by atoms with van der Waals surface area (Å²) in [5.74, 6) is 1.50. The smallest absolute Gasteiger partial charge is 0.256 e. The zero-order chi connectivity index (χ0) is 20.7. The highest BCUT2D eigenvalue weighted by molar-refractivity contribution is 5.97. The summed E-state index contributed by atoms with van der Waals surface area (Å²) in [6.45, 7) is 9.91. The monoisotopic (exact) mass is 402 g/mol. The minimum Gasteiger partial charge on any atom is -0.492 e. The first-order chi connectivity index (χ1) is 14.0. The molecule has 3 rings (SSSR count). The number of piperidine rings is 1. The van der Waals surface area contributed by atoms with Gasteiger partial charge in [0.15, 0.2) is 0 Å². The molecule has 162 valence electrons. The number of nitrogens with one attached hydrogen (secondary N) is 1. The van der Waals surface area contributed by atoms with Crippen molar-refractivity contribution in [1.29, 1.82) is 0 Å². The number of likely N-dealkylation sites (tertiary alicyclic amines) is 1. The number of anilines is 1. The molecular weight excluding hydrogens is 364 g/mol. The van der Waals surface area contributed by atoms with Crippen LogP contribution in [0.25, 0.3) is 0 Å². The Labute approximate surface area is 176 Å². The van der Waals surface area contributed by atoms with Gasteiger partial charge in [-0.1, -0.05) is 13.3 Å². The average Bonchev–Trinajstić information content (AvgIpc) is 2.73. The van der Waals surface area contributed by atoms with Crippen molar-refractivity contribution < 1.29 is 14.3 Å². The zero-order valence-electron chi connectivity index (χ0n) is 18.4. The van der Waals surface area contributed by atoms with E-state index < -0.39 is 5.60 Å². The number of hydrogen-bond acceptors (Lipinski definition) is 4. The summed E-state index contributed by atoms with van der Waals surface area (Å²) in [7, 11) is 0. The number of hydrogen-bond donors (Lipinski definition) is 1. The van der Waals surface area contributed by atoms with Crippen molar-refractivity contribution in [2.45, 2.75) is 77.4 Å². The Hall–Kier alpha value is -1.59. The van der Waals surface area contributed by atoms with E-state index in [2.05, 4.69) is 24.1 Å². The van der Waals surface area contributed by atoms with Gasteiger partial charge < -0.3 is 14.8 Å². The molecule has 5 heteroatoms. The van der Waals surface area contributed by atoms with Crippen LogP contribution in [0, 0.1) is 5.92 Å². The third-order valence-electron chi connectivity index (χ3n) is 6.62. The molecule has 0 bridgehead atoms. The van der Waals surface area contributed by atoms with E-state index in [0.717, 1.165) is 43.7 Å². The molecule has 1 aliphatic heterocycles. The molecule has 1 aliphatic carbocycles. The van der Waals surface area contributed by atoms with Gasteiger partial charge in [0.05, 0.1) is 0 Å². The highest BCUT2D eigenvalue weighted by Gasteiger charge is 2.41. The highest BCUT2D eigenvalue weighted by atomic mass is 16.5. The van der Waals surface area contributed by atoms with Crippen molar-refractivity contribution in [2.75, 3.05) is 31.6 Å². The van der Waals surface area contributed by atoms with Crippen molar-refractivity contribution in [1.82, 2.24) is 4.90 Å². The summed E-state index contributed by atoms with van der Waals surface area (Å²) < 4.78 is 11.9. The number of nitrogens with zero attached hydrogens (tertiary/aromatic N) is 1. The van der Waals surface area contributed by atoms with Gasteiger partial charge in [-0.3, -0.25) is 9.69 Å². The number of rotatable bonds is 8. The number of carbonyl (C=O) groups is 1. The molecule has 1 saturated heterocycles. The molecule has 1 atom stereocenters. The normalized spacial score (nSPS) is 28.1. The summed E-state index contributed by atoms with van der Waals surface area (Å²) in [6.07, 6.45) is 7.59. The SMILES string of the molecule is CCOC1(C(=O)Nc2ccc(OCCN3CCCC[C@@H]3C)cc2)CCC(C)CC1. The fourth-order valence-corrected chi connectivity index (χ4v) is 4.59. The van der Waals surface area contributed by atoms with Gasteiger partial charge in [0.25, 0.3) is 5.91 Å². The van der Waals surface area contributed by atoms with E-state index in [1.165, 1.54) is 25.8 Å². The molecule has 1 heterocycles. The van der Waals surface area contributed by atoms with Crippen molar-refractivity contribution in [3.8, 4) is 5.75 Å². The lowest BCUT2D eigenvalue weighted by Gasteiger charge is -2.37. The van der Waals surface area contributed by atoms with E-state index in [4.69, 9.17) is 9.47 Å². The molecule has 2 fully saturated rings.